The monoisotopic (exact) mass is 487 g/mol. The highest BCUT2D eigenvalue weighted by Gasteiger charge is 2.30. The van der Waals surface area contributed by atoms with Crippen molar-refractivity contribution in [2.45, 2.75) is 77.2 Å². The molecule has 0 fully saturated rings. The summed E-state index contributed by atoms with van der Waals surface area (Å²) in [5.41, 5.74) is 1.16. The largest absolute Gasteiger partial charge is 0.297 e. The molecule has 0 aliphatic rings. The molecule has 3 aromatic rings. The van der Waals surface area contributed by atoms with E-state index < -0.39 is 7.29 Å². The third-order valence-corrected chi connectivity index (χ3v) is 9.27. The van der Waals surface area contributed by atoms with Crippen molar-refractivity contribution in [3.63, 3.8) is 0 Å². The van der Waals surface area contributed by atoms with Gasteiger partial charge in [0.05, 0.1) is 0 Å². The van der Waals surface area contributed by atoms with Crippen molar-refractivity contribution in [1.29, 1.82) is 0 Å². The molecule has 0 aromatic heterocycles. The van der Waals surface area contributed by atoms with Gasteiger partial charge in [0, 0.05) is 16.7 Å². The predicted octanol–water partition coefficient (Wildman–Crippen LogP) is 8.72. The molecule has 0 bridgehead atoms. The molecule has 186 valence electrons. The Kier molecular flexibility index (Phi) is 12.1. The zero-order valence-electron chi connectivity index (χ0n) is 21.3. The summed E-state index contributed by atoms with van der Waals surface area (Å²) in [6, 6.07) is 30.1. The van der Waals surface area contributed by atoms with Crippen molar-refractivity contribution in [3.05, 3.63) is 109 Å². The van der Waals surface area contributed by atoms with E-state index in [0.717, 1.165) is 29.0 Å². The summed E-state index contributed by atoms with van der Waals surface area (Å²) in [5, 5.41) is 5.30. The fraction of sp³-hybridized carbons (Fsp3) is 0.375. The van der Waals surface area contributed by atoms with E-state index in [1.165, 1.54) is 51.4 Å². The van der Waals surface area contributed by atoms with E-state index in [9.17, 15) is 4.57 Å². The van der Waals surface area contributed by atoms with Crippen LogP contribution in [0.4, 0.5) is 0 Å². The second-order valence-corrected chi connectivity index (χ2v) is 11.9. The second-order valence-electron chi connectivity index (χ2n) is 9.34. The van der Waals surface area contributed by atoms with Gasteiger partial charge in [-0.3, -0.25) is 9.65 Å². The Labute approximate surface area is 213 Å². The van der Waals surface area contributed by atoms with Gasteiger partial charge in [-0.1, -0.05) is 131 Å². The highest BCUT2D eigenvalue weighted by molar-refractivity contribution is 7.76. The van der Waals surface area contributed by atoms with Gasteiger partial charge < -0.3 is 0 Å². The Bertz CT molecular complexity index is 974. The molecule has 0 spiro atoms. The third-order valence-electron chi connectivity index (χ3n) is 6.54. The van der Waals surface area contributed by atoms with E-state index in [1.54, 1.807) is 0 Å². The molecule has 2 nitrogen and oxygen atoms in total. The SMILES string of the molecule is CCCCCCCCCC/C=C/CC(NP(=O)(c1ccccc1)c1ccccc1)c1ccccc1. The van der Waals surface area contributed by atoms with Crippen LogP contribution >= 0.6 is 7.29 Å². The number of allylic oxidation sites excluding steroid dienone is 1. The summed E-state index contributed by atoms with van der Waals surface area (Å²) >= 11 is 0. The van der Waals surface area contributed by atoms with E-state index >= 15 is 0 Å². The summed E-state index contributed by atoms with van der Waals surface area (Å²) in [7, 11) is -3.01. The molecular weight excluding hydrogens is 445 g/mol. The normalized spacial score (nSPS) is 12.7. The van der Waals surface area contributed by atoms with Crippen LogP contribution < -0.4 is 15.7 Å². The lowest BCUT2D eigenvalue weighted by atomic mass is 10.0. The van der Waals surface area contributed by atoms with Crippen LogP contribution in [0.3, 0.4) is 0 Å². The lowest BCUT2D eigenvalue weighted by Gasteiger charge is -2.27. The van der Waals surface area contributed by atoms with E-state index in [4.69, 9.17) is 0 Å². The minimum Gasteiger partial charge on any atom is -0.297 e. The Morgan fingerprint density at radius 2 is 1.14 bits per heavy atom. The lowest BCUT2D eigenvalue weighted by Crippen LogP contribution is -2.30. The van der Waals surface area contributed by atoms with Gasteiger partial charge in [-0.15, -0.1) is 0 Å². The maximum Gasteiger partial charge on any atom is 0.205 e. The first-order valence-electron chi connectivity index (χ1n) is 13.4. The summed E-state index contributed by atoms with van der Waals surface area (Å²) in [5.74, 6) is 0. The first kappa shape index (κ1) is 27.2. The maximum absolute atomic E-state index is 14.6. The summed E-state index contributed by atoms with van der Waals surface area (Å²) in [4.78, 5) is 0. The smallest absolute Gasteiger partial charge is 0.205 e. The van der Waals surface area contributed by atoms with E-state index in [-0.39, 0.29) is 6.04 Å². The van der Waals surface area contributed by atoms with Gasteiger partial charge in [0.1, 0.15) is 0 Å². The van der Waals surface area contributed by atoms with Gasteiger partial charge in [-0.25, -0.2) is 0 Å². The molecule has 1 unspecified atom stereocenters. The van der Waals surface area contributed by atoms with Crippen LogP contribution in [0.1, 0.15) is 82.7 Å². The lowest BCUT2D eigenvalue weighted by molar-refractivity contribution is 0.561. The molecule has 0 aliphatic heterocycles. The van der Waals surface area contributed by atoms with Crippen LogP contribution in [0, 0.1) is 0 Å². The van der Waals surface area contributed by atoms with Gasteiger partial charge in [0.15, 0.2) is 0 Å². The fourth-order valence-electron chi connectivity index (χ4n) is 4.49. The highest BCUT2D eigenvalue weighted by Crippen LogP contribution is 2.42. The number of hydrogen-bond donors (Lipinski definition) is 1. The van der Waals surface area contributed by atoms with Gasteiger partial charge >= 0.3 is 0 Å². The van der Waals surface area contributed by atoms with Crippen LogP contribution in [-0.4, -0.2) is 0 Å². The number of unbranched alkanes of at least 4 members (excludes halogenated alkanes) is 8. The van der Waals surface area contributed by atoms with E-state index in [2.05, 4.69) is 48.4 Å². The average Bonchev–Trinajstić information content (AvgIpc) is 2.92. The molecule has 0 amide bonds. The summed E-state index contributed by atoms with van der Waals surface area (Å²) in [6.45, 7) is 2.27. The van der Waals surface area contributed by atoms with E-state index in [0.29, 0.717) is 0 Å². The number of nitrogens with one attached hydrogen (secondary N) is 1. The standard InChI is InChI=1S/C32H42NOP/c1-2-3-4-5-6-7-8-9-10-11-21-28-32(29-22-15-12-16-23-29)33-35(34,30-24-17-13-18-25-30)31-26-19-14-20-27-31/h11-27,32H,2-10,28H2,1H3,(H,33,34)/b21-11+. The number of benzene rings is 3. The molecule has 0 heterocycles. The van der Waals surface area contributed by atoms with Crippen molar-refractivity contribution in [2.24, 2.45) is 0 Å². The topological polar surface area (TPSA) is 29.1 Å². The minimum absolute atomic E-state index is 0.0303. The second kappa shape index (κ2) is 15.6. The molecule has 0 saturated carbocycles. The minimum atomic E-state index is -3.01. The van der Waals surface area contributed by atoms with Gasteiger partial charge in [0.25, 0.3) is 0 Å². The van der Waals surface area contributed by atoms with E-state index in [1.807, 2.05) is 66.7 Å². The molecule has 0 aliphatic carbocycles. The zero-order valence-corrected chi connectivity index (χ0v) is 22.2. The Hall–Kier alpha value is -2.41. The van der Waals surface area contributed by atoms with Gasteiger partial charge in [-0.05, 0) is 49.1 Å². The molecule has 0 saturated heterocycles. The third kappa shape index (κ3) is 8.95. The molecular formula is C32H42NOP. The molecule has 3 rings (SSSR count). The van der Waals surface area contributed by atoms with Crippen LogP contribution in [0.25, 0.3) is 0 Å². The van der Waals surface area contributed by atoms with Crippen molar-refractivity contribution in [2.75, 3.05) is 0 Å². The average molecular weight is 488 g/mol. The number of hydrogen-bond acceptors (Lipinski definition) is 1. The highest BCUT2D eigenvalue weighted by atomic mass is 31.2. The first-order valence-corrected chi connectivity index (χ1v) is 15.1. The van der Waals surface area contributed by atoms with Crippen molar-refractivity contribution in [1.82, 2.24) is 5.09 Å². The number of rotatable bonds is 16. The van der Waals surface area contributed by atoms with Crippen LogP contribution in [0.2, 0.25) is 0 Å². The fourth-order valence-corrected chi connectivity index (χ4v) is 6.96. The van der Waals surface area contributed by atoms with Crippen LogP contribution in [0.15, 0.2) is 103 Å². The Morgan fingerprint density at radius 3 is 1.69 bits per heavy atom. The van der Waals surface area contributed by atoms with Crippen molar-refractivity contribution in [3.8, 4) is 0 Å². The predicted molar refractivity (Wildman–Crippen MR) is 153 cm³/mol. The maximum atomic E-state index is 14.6. The van der Waals surface area contributed by atoms with Crippen molar-refractivity contribution < 1.29 is 4.57 Å². The first-order chi connectivity index (χ1) is 17.2. The van der Waals surface area contributed by atoms with Gasteiger partial charge in [0.2, 0.25) is 7.29 Å². The Balaban J connectivity index is 1.65. The zero-order chi connectivity index (χ0) is 24.6. The molecule has 3 heteroatoms. The Morgan fingerprint density at radius 1 is 0.657 bits per heavy atom. The molecule has 35 heavy (non-hydrogen) atoms. The van der Waals surface area contributed by atoms with Crippen molar-refractivity contribution >= 4 is 17.9 Å². The van der Waals surface area contributed by atoms with Gasteiger partial charge in [-0.2, -0.15) is 0 Å². The van der Waals surface area contributed by atoms with Crippen LogP contribution in [-0.2, 0) is 4.57 Å². The molecule has 1 atom stereocenters. The molecule has 3 aromatic carbocycles. The van der Waals surface area contributed by atoms with Crippen LogP contribution in [0.5, 0.6) is 0 Å². The summed E-state index contributed by atoms with van der Waals surface area (Å²) < 4.78 is 14.6. The quantitative estimate of drug-likeness (QED) is 0.124. The molecule has 0 radical (unpaired) electrons. The molecule has 1 N–H and O–H groups in total. The summed E-state index contributed by atoms with van der Waals surface area (Å²) in [6.07, 6.45) is 17.3.